The van der Waals surface area contributed by atoms with Gasteiger partial charge in [-0.1, -0.05) is 0 Å². The molecule has 2 rings (SSSR count). The maximum atomic E-state index is 11.4. The van der Waals surface area contributed by atoms with Crippen LogP contribution in [-0.2, 0) is 19.4 Å². The number of sulfone groups is 1. The summed E-state index contributed by atoms with van der Waals surface area (Å²) in [5.74, 6) is -3.21. The zero-order chi connectivity index (χ0) is 11.9. The van der Waals surface area contributed by atoms with Gasteiger partial charge in [0.2, 0.25) is 11.8 Å². The zero-order valence-electron chi connectivity index (χ0n) is 8.23. The lowest BCUT2D eigenvalue weighted by atomic mass is 9.89. The Labute approximate surface area is 91.5 Å². The molecule has 16 heavy (non-hydrogen) atoms. The summed E-state index contributed by atoms with van der Waals surface area (Å²) in [6, 6.07) is -0.855. The highest BCUT2D eigenvalue weighted by Crippen LogP contribution is 2.27. The molecule has 0 aromatic carbocycles. The first-order chi connectivity index (χ1) is 7.39. The van der Waals surface area contributed by atoms with Crippen LogP contribution in [0.1, 0.15) is 6.42 Å². The Morgan fingerprint density at radius 1 is 1.06 bits per heavy atom. The first kappa shape index (κ1) is 11.1. The van der Waals surface area contributed by atoms with Crippen LogP contribution in [0.15, 0.2) is 0 Å². The number of nitrogens with one attached hydrogen (secondary N) is 2. The minimum absolute atomic E-state index is 0.0112. The average molecular weight is 246 g/mol. The van der Waals surface area contributed by atoms with Gasteiger partial charge in [0.05, 0.1) is 11.5 Å². The Hall–Kier alpha value is -1.44. The lowest BCUT2D eigenvalue weighted by molar-refractivity contribution is -0.137. The molecule has 0 spiro atoms. The third-order valence-electron chi connectivity index (χ3n) is 2.78. The molecule has 0 aromatic heterocycles. The van der Waals surface area contributed by atoms with Gasteiger partial charge in [0.15, 0.2) is 9.84 Å². The summed E-state index contributed by atoms with van der Waals surface area (Å²) in [5.41, 5.74) is 0. The van der Waals surface area contributed by atoms with Crippen molar-refractivity contribution in [2.45, 2.75) is 6.42 Å². The van der Waals surface area contributed by atoms with Gasteiger partial charge < -0.3 is 0 Å². The Balaban J connectivity index is 2.18. The van der Waals surface area contributed by atoms with Gasteiger partial charge in [-0.2, -0.15) is 0 Å². The van der Waals surface area contributed by atoms with E-state index in [2.05, 4.69) is 0 Å². The summed E-state index contributed by atoms with van der Waals surface area (Å²) in [6.07, 6.45) is 0.280. The van der Waals surface area contributed by atoms with Crippen molar-refractivity contribution in [1.82, 2.24) is 10.6 Å². The lowest BCUT2D eigenvalue weighted by Crippen LogP contribution is -2.57. The topological polar surface area (TPSA) is 109 Å². The first-order valence-electron chi connectivity index (χ1n) is 4.75. The summed E-state index contributed by atoms with van der Waals surface area (Å²) < 4.78 is 22.5. The van der Waals surface area contributed by atoms with Crippen molar-refractivity contribution in [2.75, 3.05) is 11.5 Å². The van der Waals surface area contributed by atoms with Gasteiger partial charge in [0.1, 0.15) is 5.92 Å². The van der Waals surface area contributed by atoms with Crippen molar-refractivity contribution in [3.8, 4) is 0 Å². The van der Waals surface area contributed by atoms with Gasteiger partial charge in [-0.15, -0.1) is 0 Å². The fraction of sp³-hybridized carbons (Fsp3) is 0.625. The third kappa shape index (κ3) is 1.92. The molecule has 1 atom stereocenters. The second kappa shape index (κ2) is 3.55. The van der Waals surface area contributed by atoms with Crippen LogP contribution in [0.5, 0.6) is 0 Å². The molecule has 8 heteroatoms. The monoisotopic (exact) mass is 246 g/mol. The predicted molar refractivity (Wildman–Crippen MR) is 51.9 cm³/mol. The largest absolute Gasteiger partial charge is 0.328 e. The molecule has 7 nitrogen and oxygen atoms in total. The fourth-order valence-electron chi connectivity index (χ4n) is 2.04. The van der Waals surface area contributed by atoms with Crippen molar-refractivity contribution in [3.05, 3.63) is 0 Å². The van der Waals surface area contributed by atoms with Crippen LogP contribution in [0.3, 0.4) is 0 Å². The average Bonchev–Trinajstić information content (AvgIpc) is 2.44. The van der Waals surface area contributed by atoms with Crippen LogP contribution in [0, 0.1) is 11.8 Å². The highest BCUT2D eigenvalue weighted by Gasteiger charge is 2.44. The number of barbiturate groups is 1. The van der Waals surface area contributed by atoms with E-state index in [-0.39, 0.29) is 17.9 Å². The van der Waals surface area contributed by atoms with E-state index >= 15 is 0 Å². The molecule has 4 amide bonds. The van der Waals surface area contributed by atoms with Gasteiger partial charge in [0, 0.05) is 0 Å². The molecule has 0 aromatic rings. The number of hydrogen-bond donors (Lipinski definition) is 2. The molecule has 2 heterocycles. The van der Waals surface area contributed by atoms with Crippen molar-refractivity contribution in [2.24, 2.45) is 11.8 Å². The quantitative estimate of drug-likeness (QED) is 0.542. The normalized spacial score (nSPS) is 30.0. The highest BCUT2D eigenvalue weighted by molar-refractivity contribution is 7.91. The minimum Gasteiger partial charge on any atom is -0.277 e. The number of hydrogen-bond acceptors (Lipinski definition) is 5. The highest BCUT2D eigenvalue weighted by atomic mass is 32.2. The van der Waals surface area contributed by atoms with E-state index in [1.54, 1.807) is 0 Å². The van der Waals surface area contributed by atoms with Crippen molar-refractivity contribution >= 4 is 27.7 Å². The van der Waals surface area contributed by atoms with Crippen LogP contribution in [0.25, 0.3) is 0 Å². The van der Waals surface area contributed by atoms with E-state index in [0.717, 1.165) is 0 Å². The second-order valence-corrected chi connectivity index (χ2v) is 6.18. The molecule has 2 aliphatic heterocycles. The van der Waals surface area contributed by atoms with Crippen LogP contribution < -0.4 is 10.6 Å². The molecule has 0 aliphatic carbocycles. The second-order valence-electron chi connectivity index (χ2n) is 3.95. The predicted octanol–water partition coefficient (Wildman–Crippen LogP) is -1.60. The number of carbonyl (C=O) groups excluding carboxylic acids is 3. The van der Waals surface area contributed by atoms with Crippen LogP contribution in [-0.4, -0.2) is 37.8 Å². The van der Waals surface area contributed by atoms with Gasteiger partial charge in [-0.3, -0.25) is 20.2 Å². The SMILES string of the molecule is O=C1NC(=O)C([C@@H]2CCS(=O)(=O)C2)C(=O)N1. The molecule has 2 fully saturated rings. The summed E-state index contributed by atoms with van der Waals surface area (Å²) in [4.78, 5) is 33.6. The Morgan fingerprint density at radius 2 is 1.62 bits per heavy atom. The standard InChI is InChI=1S/C8H10N2O5S/c11-6-5(7(12)10-8(13)9-6)4-1-2-16(14,15)3-4/h4-5H,1-3H2,(H2,9,10,11,12,13)/t4-/m1/s1. The van der Waals surface area contributed by atoms with E-state index in [9.17, 15) is 22.8 Å². The molecule has 0 radical (unpaired) electrons. The summed E-state index contributed by atoms with van der Waals surface area (Å²) in [5, 5.41) is 3.92. The molecule has 0 bridgehead atoms. The Morgan fingerprint density at radius 3 is 2.06 bits per heavy atom. The Bertz CT molecular complexity index is 449. The third-order valence-corrected chi connectivity index (χ3v) is 4.57. The van der Waals surface area contributed by atoms with Crippen molar-refractivity contribution < 1.29 is 22.8 Å². The van der Waals surface area contributed by atoms with Crippen LogP contribution in [0.2, 0.25) is 0 Å². The lowest BCUT2D eigenvalue weighted by Gasteiger charge is -2.24. The maximum absolute atomic E-state index is 11.4. The first-order valence-corrected chi connectivity index (χ1v) is 6.57. The van der Waals surface area contributed by atoms with E-state index in [0.29, 0.717) is 0 Å². The zero-order valence-corrected chi connectivity index (χ0v) is 9.04. The van der Waals surface area contributed by atoms with E-state index in [1.165, 1.54) is 0 Å². The fourth-order valence-corrected chi connectivity index (χ4v) is 3.88. The van der Waals surface area contributed by atoms with E-state index < -0.39 is 39.5 Å². The van der Waals surface area contributed by atoms with Crippen molar-refractivity contribution in [3.63, 3.8) is 0 Å². The summed E-state index contributed by atoms with van der Waals surface area (Å²) >= 11 is 0. The van der Waals surface area contributed by atoms with Gasteiger partial charge in [-0.25, -0.2) is 13.2 Å². The van der Waals surface area contributed by atoms with E-state index in [4.69, 9.17) is 0 Å². The van der Waals surface area contributed by atoms with Gasteiger partial charge >= 0.3 is 6.03 Å². The molecule has 0 saturated carbocycles. The Kier molecular flexibility index (Phi) is 2.45. The number of rotatable bonds is 1. The van der Waals surface area contributed by atoms with Gasteiger partial charge in [-0.05, 0) is 12.3 Å². The molecule has 2 N–H and O–H groups in total. The van der Waals surface area contributed by atoms with Gasteiger partial charge in [0.25, 0.3) is 0 Å². The number of imide groups is 2. The summed E-state index contributed by atoms with van der Waals surface area (Å²) in [7, 11) is -3.15. The number of carbonyl (C=O) groups is 3. The molecule has 2 aliphatic rings. The number of amides is 4. The molecule has 2 saturated heterocycles. The van der Waals surface area contributed by atoms with Crippen LogP contribution in [0.4, 0.5) is 4.79 Å². The van der Waals surface area contributed by atoms with Crippen molar-refractivity contribution in [1.29, 1.82) is 0 Å². The van der Waals surface area contributed by atoms with E-state index in [1.807, 2.05) is 10.6 Å². The smallest absolute Gasteiger partial charge is 0.277 e. The molecular formula is C8H10N2O5S. The minimum atomic E-state index is -3.15. The maximum Gasteiger partial charge on any atom is 0.328 e. The molecule has 0 unspecified atom stereocenters. The number of urea groups is 1. The van der Waals surface area contributed by atoms with Crippen LogP contribution >= 0.6 is 0 Å². The molecular weight excluding hydrogens is 236 g/mol. The summed E-state index contributed by atoms with van der Waals surface area (Å²) in [6.45, 7) is 0. The molecule has 88 valence electrons.